The Bertz CT molecular complexity index is 298. The van der Waals surface area contributed by atoms with Crippen molar-refractivity contribution in [2.75, 3.05) is 7.11 Å². The minimum Gasteiger partial charge on any atom is -0.373 e. The quantitative estimate of drug-likeness (QED) is 0.678. The average molecular weight is 194 g/mol. The SMILES string of the molecule is COC(C(=O)c1cnccn1)C(C)C. The van der Waals surface area contributed by atoms with Crippen molar-refractivity contribution in [2.45, 2.75) is 20.0 Å². The number of hydrogen-bond acceptors (Lipinski definition) is 4. The van der Waals surface area contributed by atoms with Gasteiger partial charge >= 0.3 is 0 Å². The number of Topliss-reactive ketones (excluding diaryl/α,β-unsaturated/α-hetero) is 1. The maximum atomic E-state index is 11.8. The van der Waals surface area contributed by atoms with E-state index < -0.39 is 6.10 Å². The summed E-state index contributed by atoms with van der Waals surface area (Å²) in [7, 11) is 1.53. The number of carbonyl (C=O) groups is 1. The van der Waals surface area contributed by atoms with Gasteiger partial charge in [0.25, 0.3) is 0 Å². The van der Waals surface area contributed by atoms with E-state index in [0.29, 0.717) is 5.69 Å². The van der Waals surface area contributed by atoms with Crippen molar-refractivity contribution in [3.05, 3.63) is 24.3 Å². The van der Waals surface area contributed by atoms with Crippen LogP contribution in [-0.2, 0) is 4.74 Å². The summed E-state index contributed by atoms with van der Waals surface area (Å²) in [4.78, 5) is 19.6. The predicted molar refractivity (Wildman–Crippen MR) is 52.0 cm³/mol. The van der Waals surface area contributed by atoms with Crippen molar-refractivity contribution in [1.82, 2.24) is 9.97 Å². The second-order valence-electron chi connectivity index (χ2n) is 3.36. The fourth-order valence-corrected chi connectivity index (χ4v) is 1.25. The van der Waals surface area contributed by atoms with Gasteiger partial charge < -0.3 is 4.74 Å². The largest absolute Gasteiger partial charge is 0.373 e. The van der Waals surface area contributed by atoms with Gasteiger partial charge in [-0.25, -0.2) is 4.98 Å². The highest BCUT2D eigenvalue weighted by Gasteiger charge is 2.23. The van der Waals surface area contributed by atoms with Crippen molar-refractivity contribution < 1.29 is 9.53 Å². The summed E-state index contributed by atoms with van der Waals surface area (Å²) in [6.45, 7) is 3.87. The molecule has 4 nitrogen and oxygen atoms in total. The lowest BCUT2D eigenvalue weighted by Crippen LogP contribution is -2.29. The standard InChI is InChI=1S/C10H14N2O2/c1-7(2)10(14-3)9(13)8-6-11-4-5-12-8/h4-7,10H,1-3H3. The molecule has 0 saturated carbocycles. The summed E-state index contributed by atoms with van der Waals surface area (Å²) >= 11 is 0. The molecule has 14 heavy (non-hydrogen) atoms. The zero-order valence-corrected chi connectivity index (χ0v) is 8.60. The Morgan fingerprint density at radius 3 is 2.57 bits per heavy atom. The van der Waals surface area contributed by atoms with E-state index in [-0.39, 0.29) is 11.7 Å². The second-order valence-corrected chi connectivity index (χ2v) is 3.36. The van der Waals surface area contributed by atoms with Crippen LogP contribution in [0.25, 0.3) is 0 Å². The lowest BCUT2D eigenvalue weighted by Gasteiger charge is -2.16. The maximum absolute atomic E-state index is 11.8. The monoisotopic (exact) mass is 194 g/mol. The third-order valence-electron chi connectivity index (χ3n) is 1.93. The zero-order valence-electron chi connectivity index (χ0n) is 8.60. The van der Waals surface area contributed by atoms with Crippen LogP contribution < -0.4 is 0 Å². The third-order valence-corrected chi connectivity index (χ3v) is 1.93. The molecule has 0 fully saturated rings. The summed E-state index contributed by atoms with van der Waals surface area (Å²) in [6, 6.07) is 0. The van der Waals surface area contributed by atoms with Crippen molar-refractivity contribution in [2.24, 2.45) is 5.92 Å². The molecule has 1 unspecified atom stereocenters. The van der Waals surface area contributed by atoms with Crippen molar-refractivity contribution >= 4 is 5.78 Å². The average Bonchev–Trinajstić information content (AvgIpc) is 2.19. The number of methoxy groups -OCH3 is 1. The molecule has 1 heterocycles. The number of ether oxygens (including phenoxy) is 1. The molecule has 0 radical (unpaired) electrons. The molecule has 1 aromatic heterocycles. The van der Waals surface area contributed by atoms with E-state index in [1.807, 2.05) is 13.8 Å². The maximum Gasteiger partial charge on any atom is 0.211 e. The van der Waals surface area contributed by atoms with E-state index in [1.54, 1.807) is 0 Å². The van der Waals surface area contributed by atoms with E-state index >= 15 is 0 Å². The number of rotatable bonds is 4. The zero-order chi connectivity index (χ0) is 10.6. The van der Waals surface area contributed by atoms with Gasteiger partial charge in [-0.1, -0.05) is 13.8 Å². The van der Waals surface area contributed by atoms with Crippen LogP contribution in [-0.4, -0.2) is 29.0 Å². The molecular weight excluding hydrogens is 180 g/mol. The van der Waals surface area contributed by atoms with Crippen molar-refractivity contribution in [3.63, 3.8) is 0 Å². The summed E-state index contributed by atoms with van der Waals surface area (Å²) in [5.74, 6) is 0.0186. The summed E-state index contributed by atoms with van der Waals surface area (Å²) in [5.41, 5.74) is 0.355. The first-order valence-electron chi connectivity index (χ1n) is 4.49. The molecule has 0 N–H and O–H groups in total. The molecule has 76 valence electrons. The topological polar surface area (TPSA) is 52.1 Å². The van der Waals surface area contributed by atoms with Crippen LogP contribution in [0, 0.1) is 5.92 Å². The van der Waals surface area contributed by atoms with E-state index in [2.05, 4.69) is 9.97 Å². The molecule has 0 aliphatic heterocycles. The molecule has 0 aliphatic rings. The minimum absolute atomic E-state index is 0.115. The van der Waals surface area contributed by atoms with E-state index in [4.69, 9.17) is 4.74 Å². The van der Waals surface area contributed by atoms with Crippen molar-refractivity contribution in [3.8, 4) is 0 Å². The number of ketones is 1. The predicted octanol–water partition coefficient (Wildman–Crippen LogP) is 1.33. The Balaban J connectivity index is 2.84. The number of hydrogen-bond donors (Lipinski definition) is 0. The fourth-order valence-electron chi connectivity index (χ4n) is 1.25. The van der Waals surface area contributed by atoms with Gasteiger partial charge in [-0.3, -0.25) is 9.78 Å². The van der Waals surface area contributed by atoms with Crippen molar-refractivity contribution in [1.29, 1.82) is 0 Å². The lowest BCUT2D eigenvalue weighted by atomic mass is 10.0. The number of nitrogens with zero attached hydrogens (tertiary/aromatic N) is 2. The van der Waals surface area contributed by atoms with E-state index in [1.165, 1.54) is 25.7 Å². The Labute approximate surface area is 83.3 Å². The fraction of sp³-hybridized carbons (Fsp3) is 0.500. The molecule has 0 bridgehead atoms. The van der Waals surface area contributed by atoms with Gasteiger partial charge in [0.1, 0.15) is 11.8 Å². The Kier molecular flexibility index (Phi) is 3.71. The molecule has 1 atom stereocenters. The highest BCUT2D eigenvalue weighted by atomic mass is 16.5. The summed E-state index contributed by atoms with van der Waals surface area (Å²) < 4.78 is 5.11. The first kappa shape index (κ1) is 10.8. The van der Waals surface area contributed by atoms with Gasteiger partial charge in [0.2, 0.25) is 5.78 Å². The van der Waals surface area contributed by atoms with Crippen LogP contribution in [0.2, 0.25) is 0 Å². The van der Waals surface area contributed by atoms with E-state index in [9.17, 15) is 4.79 Å². The molecule has 0 spiro atoms. The summed E-state index contributed by atoms with van der Waals surface area (Å²) in [6.07, 6.45) is 4.05. The molecule has 4 heteroatoms. The Morgan fingerprint density at radius 2 is 2.14 bits per heavy atom. The Hall–Kier alpha value is -1.29. The first-order chi connectivity index (χ1) is 6.66. The van der Waals surface area contributed by atoms with Gasteiger partial charge in [0.15, 0.2) is 0 Å². The number of aromatic nitrogens is 2. The van der Waals surface area contributed by atoms with Crippen LogP contribution in [0.4, 0.5) is 0 Å². The molecule has 1 rings (SSSR count). The van der Waals surface area contributed by atoms with Gasteiger partial charge in [-0.15, -0.1) is 0 Å². The first-order valence-corrected chi connectivity index (χ1v) is 4.49. The van der Waals surface area contributed by atoms with Crippen LogP contribution >= 0.6 is 0 Å². The molecule has 0 amide bonds. The number of carbonyl (C=O) groups excluding carboxylic acids is 1. The van der Waals surface area contributed by atoms with Crippen LogP contribution in [0.15, 0.2) is 18.6 Å². The minimum atomic E-state index is -0.438. The molecule has 0 saturated heterocycles. The highest BCUT2D eigenvalue weighted by Crippen LogP contribution is 2.10. The van der Waals surface area contributed by atoms with Crippen LogP contribution in [0.5, 0.6) is 0 Å². The molecule has 0 aromatic carbocycles. The molecular formula is C10H14N2O2. The van der Waals surface area contributed by atoms with Gasteiger partial charge in [-0.05, 0) is 5.92 Å². The summed E-state index contributed by atoms with van der Waals surface area (Å²) in [5, 5.41) is 0. The third kappa shape index (κ3) is 2.35. The van der Waals surface area contributed by atoms with Crippen LogP contribution in [0.3, 0.4) is 0 Å². The molecule has 0 aliphatic carbocycles. The second kappa shape index (κ2) is 4.81. The smallest absolute Gasteiger partial charge is 0.211 e. The Morgan fingerprint density at radius 1 is 1.43 bits per heavy atom. The van der Waals surface area contributed by atoms with Gasteiger partial charge in [-0.2, -0.15) is 0 Å². The highest BCUT2D eigenvalue weighted by molar-refractivity contribution is 5.97. The van der Waals surface area contributed by atoms with E-state index in [0.717, 1.165) is 0 Å². The molecule has 1 aromatic rings. The lowest BCUT2D eigenvalue weighted by molar-refractivity contribution is 0.0453. The normalized spacial score (nSPS) is 12.9. The van der Waals surface area contributed by atoms with Gasteiger partial charge in [0, 0.05) is 19.5 Å². The van der Waals surface area contributed by atoms with Crippen LogP contribution in [0.1, 0.15) is 24.3 Å². The van der Waals surface area contributed by atoms with Gasteiger partial charge in [0.05, 0.1) is 6.20 Å².